The Hall–Kier alpha value is -5.36. The number of nitrogens with two attached hydrogens (primary N) is 1. The zero-order valence-corrected chi connectivity index (χ0v) is 27.0. The van der Waals surface area contributed by atoms with Crippen molar-refractivity contribution in [3.8, 4) is 17.2 Å². The van der Waals surface area contributed by atoms with Gasteiger partial charge in [0.1, 0.15) is 29.9 Å². The van der Waals surface area contributed by atoms with E-state index in [1.807, 2.05) is 12.3 Å². The molecule has 48 heavy (non-hydrogen) atoms. The van der Waals surface area contributed by atoms with E-state index >= 15 is 0 Å². The van der Waals surface area contributed by atoms with E-state index in [1.54, 1.807) is 5.38 Å². The first-order chi connectivity index (χ1) is 22.9. The summed E-state index contributed by atoms with van der Waals surface area (Å²) in [5.41, 5.74) is 8.67. The van der Waals surface area contributed by atoms with Crippen molar-refractivity contribution < 1.29 is 54.1 Å². The molecule has 2 aliphatic heterocycles. The Balaban J connectivity index is 0.000000318. The Kier molecular flexibility index (Phi) is 10.0. The molecule has 0 saturated carbocycles. The number of oxime groups is 1. The molecule has 3 aliphatic rings. The molecule has 18 heteroatoms. The summed E-state index contributed by atoms with van der Waals surface area (Å²) >= 11 is 2.57. The minimum absolute atomic E-state index is 0.00628. The molecule has 1 aliphatic carbocycles. The van der Waals surface area contributed by atoms with Gasteiger partial charge >= 0.3 is 11.9 Å². The lowest BCUT2D eigenvalue weighted by atomic mass is 9.95. The summed E-state index contributed by atoms with van der Waals surface area (Å²) in [6.45, 7) is 0.404. The van der Waals surface area contributed by atoms with Gasteiger partial charge < -0.3 is 41.4 Å². The quantitative estimate of drug-likeness (QED) is 0.0575. The first kappa shape index (κ1) is 34.0. The first-order valence-electron chi connectivity index (χ1n) is 14.4. The van der Waals surface area contributed by atoms with Gasteiger partial charge in [-0.3, -0.25) is 14.5 Å². The molecule has 2 atom stereocenters. The number of phenols is 3. The normalized spacial score (nSPS) is 18.5. The molecule has 1 saturated heterocycles. The number of aromatic hydroxyl groups is 3. The summed E-state index contributed by atoms with van der Waals surface area (Å²) in [5.74, 6) is -5.19. The largest absolute Gasteiger partial charge is 0.504 e. The maximum absolute atomic E-state index is 13.1. The second-order valence-corrected chi connectivity index (χ2v) is 12.8. The van der Waals surface area contributed by atoms with E-state index in [0.29, 0.717) is 17.9 Å². The van der Waals surface area contributed by atoms with E-state index in [2.05, 4.69) is 26.1 Å². The Bertz CT molecular complexity index is 1840. The molecule has 6 rings (SSSR count). The number of hydrogen-bond donors (Lipinski definition) is 7. The number of aromatic carboxylic acids is 1. The van der Waals surface area contributed by atoms with Gasteiger partial charge in [0.15, 0.2) is 46.5 Å². The molecule has 252 valence electrons. The number of aryl methyl sites for hydroxylation is 1. The van der Waals surface area contributed by atoms with Crippen molar-refractivity contribution in [2.24, 2.45) is 5.16 Å². The predicted octanol–water partition coefficient (Wildman–Crippen LogP) is 1.18. The van der Waals surface area contributed by atoms with Crippen LogP contribution in [0.1, 0.15) is 40.2 Å². The van der Waals surface area contributed by atoms with Gasteiger partial charge in [0.2, 0.25) is 0 Å². The van der Waals surface area contributed by atoms with Crippen molar-refractivity contribution in [1.29, 1.82) is 0 Å². The van der Waals surface area contributed by atoms with Crippen LogP contribution in [-0.2, 0) is 38.6 Å². The minimum atomic E-state index is -1.29. The summed E-state index contributed by atoms with van der Waals surface area (Å²) < 4.78 is 2.10. The van der Waals surface area contributed by atoms with E-state index in [1.165, 1.54) is 35.0 Å². The number of nitrogen functional groups attached to an aromatic ring is 1. The smallest absolute Gasteiger partial charge is 0.352 e. The van der Waals surface area contributed by atoms with Crippen LogP contribution >= 0.6 is 23.1 Å². The van der Waals surface area contributed by atoms with Crippen LogP contribution in [0.5, 0.6) is 17.2 Å². The molecule has 4 heterocycles. The highest BCUT2D eigenvalue weighted by Crippen LogP contribution is 2.40. The lowest BCUT2D eigenvalue weighted by Gasteiger charge is -2.49. The highest BCUT2D eigenvalue weighted by molar-refractivity contribution is 8.00. The number of β-lactam (4-membered cyclic amide) rings is 1. The van der Waals surface area contributed by atoms with Crippen molar-refractivity contribution in [3.05, 3.63) is 69.6 Å². The number of aromatic nitrogens is 2. The molecule has 0 spiro atoms. The van der Waals surface area contributed by atoms with Gasteiger partial charge in [-0.2, -0.15) is 4.57 Å². The van der Waals surface area contributed by atoms with E-state index in [-0.39, 0.29) is 27.8 Å². The third kappa shape index (κ3) is 6.84. The molecule has 8 N–H and O–H groups in total. The van der Waals surface area contributed by atoms with E-state index in [9.17, 15) is 24.3 Å². The number of anilines is 1. The number of thiazole rings is 1. The number of amides is 2. The van der Waals surface area contributed by atoms with E-state index in [4.69, 9.17) is 31.0 Å². The molecule has 1 aromatic carbocycles. The topological polar surface area (TPSA) is 249 Å². The summed E-state index contributed by atoms with van der Waals surface area (Å²) in [6.07, 6.45) is 6.20. The second kappa shape index (κ2) is 14.2. The first-order valence-corrected chi connectivity index (χ1v) is 16.4. The number of pyridine rings is 1. The fourth-order valence-electron chi connectivity index (χ4n) is 5.56. The van der Waals surface area contributed by atoms with Crippen LogP contribution in [0, 0.1) is 0 Å². The fourth-order valence-corrected chi connectivity index (χ4v) is 7.44. The average Bonchev–Trinajstić information content (AvgIpc) is 3.50. The van der Waals surface area contributed by atoms with Crippen LogP contribution in [0.2, 0.25) is 0 Å². The number of rotatable bonds is 8. The molecular formula is C30H31N6O10S2+. The Morgan fingerprint density at radius 1 is 1.15 bits per heavy atom. The molecule has 16 nitrogen and oxygen atoms in total. The average molecular weight is 700 g/mol. The number of fused-ring (bicyclic) bond motifs is 2. The molecule has 2 amide bonds. The number of benzene rings is 1. The number of hydrogen-bond acceptors (Lipinski definition) is 13. The van der Waals surface area contributed by atoms with E-state index in [0.717, 1.165) is 49.2 Å². The summed E-state index contributed by atoms with van der Waals surface area (Å²) in [7, 11) is 1.30. The lowest BCUT2D eigenvalue weighted by molar-refractivity contribution is -0.697. The summed E-state index contributed by atoms with van der Waals surface area (Å²) in [6, 6.07) is 4.90. The van der Waals surface area contributed by atoms with Crippen LogP contribution in [0.25, 0.3) is 0 Å². The van der Waals surface area contributed by atoms with Crippen molar-refractivity contribution in [1.82, 2.24) is 15.2 Å². The molecule has 2 aromatic heterocycles. The highest BCUT2D eigenvalue weighted by Gasteiger charge is 2.55. The Labute approximate surface area is 280 Å². The van der Waals surface area contributed by atoms with Gasteiger partial charge in [0.25, 0.3) is 11.8 Å². The number of carbonyl (C=O) groups is 4. The van der Waals surface area contributed by atoms with Crippen molar-refractivity contribution >= 4 is 57.7 Å². The van der Waals surface area contributed by atoms with Gasteiger partial charge in [-0.15, -0.1) is 23.1 Å². The van der Waals surface area contributed by atoms with Crippen molar-refractivity contribution in [2.75, 3.05) is 18.6 Å². The molecule has 0 radical (unpaired) electrons. The third-order valence-corrected chi connectivity index (χ3v) is 9.78. The zero-order chi connectivity index (χ0) is 34.7. The van der Waals surface area contributed by atoms with Crippen molar-refractivity contribution in [3.63, 3.8) is 0 Å². The minimum Gasteiger partial charge on any atom is -0.504 e. The van der Waals surface area contributed by atoms with E-state index < -0.39 is 52.4 Å². The van der Waals surface area contributed by atoms with Gasteiger partial charge in [0, 0.05) is 34.8 Å². The highest BCUT2D eigenvalue weighted by atomic mass is 32.2. The SMILES string of the molecule is CO/N=C(\C(=O)N[C@@H]1C(=O)N2C(C(=O)O)=C(C[n+]3cccc4c3CCCC4)CS[C@H]12)c1csc(N)n1.O=C(O)c1cc(O)c(O)c(O)c1. The Morgan fingerprint density at radius 3 is 2.48 bits per heavy atom. The number of phenolic OH excluding ortho intramolecular Hbond substituents is 3. The van der Waals surface area contributed by atoms with Gasteiger partial charge in [-0.1, -0.05) is 5.16 Å². The van der Waals surface area contributed by atoms with Gasteiger partial charge in [-0.05, 0) is 37.5 Å². The maximum atomic E-state index is 13.1. The van der Waals surface area contributed by atoms with Crippen LogP contribution < -0.4 is 15.6 Å². The van der Waals surface area contributed by atoms with Gasteiger partial charge in [-0.25, -0.2) is 14.6 Å². The number of thioether (sulfide) groups is 1. The van der Waals surface area contributed by atoms with Gasteiger partial charge in [0.05, 0.1) is 5.56 Å². The summed E-state index contributed by atoms with van der Waals surface area (Å²) in [4.78, 5) is 58.7. The zero-order valence-electron chi connectivity index (χ0n) is 25.3. The molecule has 0 unspecified atom stereocenters. The molecular weight excluding hydrogens is 668 g/mol. The van der Waals surface area contributed by atoms with Crippen LogP contribution in [0.3, 0.4) is 0 Å². The molecule has 1 fully saturated rings. The number of nitrogens with zero attached hydrogens (tertiary/aromatic N) is 4. The third-order valence-electron chi connectivity index (χ3n) is 7.77. The maximum Gasteiger partial charge on any atom is 0.352 e. The molecule has 0 bridgehead atoms. The van der Waals surface area contributed by atoms with Crippen LogP contribution in [-0.4, -0.2) is 89.2 Å². The number of carbonyl (C=O) groups excluding carboxylic acids is 2. The number of carboxylic acid groups (broad SMARTS) is 2. The fraction of sp³-hybridized carbons (Fsp3) is 0.300. The number of aliphatic carboxylic acids is 1. The monoisotopic (exact) mass is 699 g/mol. The molecule has 3 aromatic rings. The number of carboxylic acids is 2. The van der Waals surface area contributed by atoms with Crippen LogP contribution in [0.15, 0.2) is 52.3 Å². The summed E-state index contributed by atoms with van der Waals surface area (Å²) in [5, 5.41) is 52.7. The van der Waals surface area contributed by atoms with Crippen molar-refractivity contribution in [2.45, 2.75) is 43.6 Å². The Morgan fingerprint density at radius 2 is 1.85 bits per heavy atom. The van der Waals surface area contributed by atoms with Crippen LogP contribution in [0.4, 0.5) is 5.13 Å². The predicted molar refractivity (Wildman–Crippen MR) is 171 cm³/mol. The lowest BCUT2D eigenvalue weighted by Crippen LogP contribution is -2.71. The standard InChI is InChI=1S/C23H24N6O5S2.C7H6O5/c1-34-27-16(14-11-36-23(24)25-14)19(30)26-17-20(31)29-18(22(32)33)13(10-35-21(17)29)9-28-8-4-6-12-5-2-3-7-15(12)28;8-4-1-3(7(11)12)2-5(9)6(4)10/h4,6,8,11,17,21H,2-3,5,7,9-10H2,1H3,(H3-,24,25,26,30,32,33);1-2,8-10H,(H,11,12)/p+1/b27-16-;/t17-,21-;/m1./s1. The number of nitrogens with one attached hydrogen (secondary N) is 1. The second-order valence-electron chi connectivity index (χ2n) is 10.8.